The molecule has 1 aromatic heterocycles. The summed E-state index contributed by atoms with van der Waals surface area (Å²) in [6, 6.07) is 17.3. The normalized spacial score (nSPS) is 15.4. The zero-order chi connectivity index (χ0) is 15.8. The van der Waals surface area contributed by atoms with E-state index >= 15 is 0 Å². The molecule has 1 aliphatic heterocycles. The molecular weight excluding hydrogens is 280 g/mol. The Morgan fingerprint density at radius 2 is 1.87 bits per heavy atom. The number of aryl methyl sites for hydroxylation is 1. The molecule has 1 aliphatic rings. The average Bonchev–Trinajstić information content (AvgIpc) is 2.86. The van der Waals surface area contributed by atoms with Gasteiger partial charge in [-0.25, -0.2) is 0 Å². The standard InChI is InChI=1S/C21H22N2/c1-16-8-9-20-18(14-16)19-15-22(2)12-11-21(19)23(20)13-10-17-6-4-3-5-7-17/h3-10,13-14H,11-12,15H2,1-2H3/b13-10-. The molecule has 0 N–H and O–H groups in total. The minimum absolute atomic E-state index is 1.04. The van der Waals surface area contributed by atoms with Crippen molar-refractivity contribution >= 4 is 23.2 Å². The van der Waals surface area contributed by atoms with E-state index in [0.717, 1.165) is 19.5 Å². The molecule has 0 unspecified atom stereocenters. The molecule has 0 atom stereocenters. The van der Waals surface area contributed by atoms with Crippen LogP contribution in [0.1, 0.15) is 22.4 Å². The summed E-state index contributed by atoms with van der Waals surface area (Å²) >= 11 is 0. The summed E-state index contributed by atoms with van der Waals surface area (Å²) in [5.41, 5.74) is 6.86. The van der Waals surface area contributed by atoms with Crippen LogP contribution in [0.5, 0.6) is 0 Å². The predicted octanol–water partition coefficient (Wildman–Crippen LogP) is 4.57. The molecule has 116 valence electrons. The molecule has 0 radical (unpaired) electrons. The summed E-state index contributed by atoms with van der Waals surface area (Å²) in [4.78, 5) is 2.41. The molecule has 0 saturated heterocycles. The molecule has 23 heavy (non-hydrogen) atoms. The summed E-state index contributed by atoms with van der Waals surface area (Å²) < 4.78 is 2.39. The van der Waals surface area contributed by atoms with E-state index in [1.807, 2.05) is 0 Å². The maximum absolute atomic E-state index is 2.41. The Balaban J connectivity index is 1.87. The third-order valence-corrected chi connectivity index (χ3v) is 4.75. The van der Waals surface area contributed by atoms with Gasteiger partial charge in [-0.15, -0.1) is 0 Å². The molecule has 4 rings (SSSR count). The molecule has 0 fully saturated rings. The summed E-state index contributed by atoms with van der Waals surface area (Å²) in [7, 11) is 2.21. The number of hydrogen-bond donors (Lipinski definition) is 0. The fourth-order valence-electron chi connectivity index (χ4n) is 3.54. The van der Waals surface area contributed by atoms with E-state index in [1.54, 1.807) is 0 Å². The molecule has 0 saturated carbocycles. The van der Waals surface area contributed by atoms with Gasteiger partial charge in [0, 0.05) is 36.8 Å². The molecule has 2 heterocycles. The fourth-order valence-corrected chi connectivity index (χ4v) is 3.54. The van der Waals surface area contributed by atoms with Gasteiger partial charge in [0.1, 0.15) is 0 Å². The molecule has 0 spiro atoms. The van der Waals surface area contributed by atoms with Crippen molar-refractivity contribution < 1.29 is 0 Å². The van der Waals surface area contributed by atoms with E-state index in [9.17, 15) is 0 Å². The Morgan fingerprint density at radius 3 is 2.70 bits per heavy atom. The van der Waals surface area contributed by atoms with Crippen LogP contribution in [-0.2, 0) is 13.0 Å². The highest BCUT2D eigenvalue weighted by Gasteiger charge is 2.21. The van der Waals surface area contributed by atoms with Gasteiger partial charge in [-0.05, 0) is 43.3 Å². The van der Waals surface area contributed by atoms with Crippen molar-refractivity contribution in [3.63, 3.8) is 0 Å². The lowest BCUT2D eigenvalue weighted by Gasteiger charge is -2.23. The molecular formula is C21H22N2. The van der Waals surface area contributed by atoms with Crippen molar-refractivity contribution in [1.29, 1.82) is 0 Å². The van der Waals surface area contributed by atoms with E-state index in [4.69, 9.17) is 0 Å². The Morgan fingerprint density at radius 1 is 1.04 bits per heavy atom. The van der Waals surface area contributed by atoms with Crippen LogP contribution in [0.4, 0.5) is 0 Å². The third-order valence-electron chi connectivity index (χ3n) is 4.75. The summed E-state index contributed by atoms with van der Waals surface area (Å²) in [5, 5.41) is 1.41. The van der Waals surface area contributed by atoms with Crippen molar-refractivity contribution in [3.05, 3.63) is 70.9 Å². The maximum atomic E-state index is 2.41. The number of aromatic nitrogens is 1. The van der Waals surface area contributed by atoms with Crippen LogP contribution < -0.4 is 0 Å². The van der Waals surface area contributed by atoms with Crippen LogP contribution in [0.25, 0.3) is 23.2 Å². The second kappa shape index (κ2) is 5.71. The highest BCUT2D eigenvalue weighted by molar-refractivity contribution is 5.89. The van der Waals surface area contributed by atoms with Gasteiger partial charge in [0.25, 0.3) is 0 Å². The van der Waals surface area contributed by atoms with Gasteiger partial charge in [0.15, 0.2) is 0 Å². The number of likely N-dealkylation sites (N-methyl/N-ethyl adjacent to an activating group) is 1. The molecule has 3 aromatic rings. The van der Waals surface area contributed by atoms with E-state index in [-0.39, 0.29) is 0 Å². The van der Waals surface area contributed by atoms with Gasteiger partial charge in [0.2, 0.25) is 0 Å². The Bertz CT molecular complexity index is 872. The zero-order valence-electron chi connectivity index (χ0n) is 13.8. The van der Waals surface area contributed by atoms with Crippen LogP contribution in [0.3, 0.4) is 0 Å². The number of fused-ring (bicyclic) bond motifs is 3. The predicted molar refractivity (Wildman–Crippen MR) is 98.4 cm³/mol. The first kappa shape index (κ1) is 14.3. The van der Waals surface area contributed by atoms with Gasteiger partial charge in [-0.2, -0.15) is 0 Å². The Labute approximate surface area is 137 Å². The number of benzene rings is 2. The summed E-state index contributed by atoms with van der Waals surface area (Å²) in [6.07, 6.45) is 5.55. The van der Waals surface area contributed by atoms with Gasteiger partial charge in [0.05, 0.1) is 5.52 Å². The first-order valence-corrected chi connectivity index (χ1v) is 8.26. The van der Waals surface area contributed by atoms with Gasteiger partial charge in [-0.1, -0.05) is 42.0 Å². The highest BCUT2D eigenvalue weighted by atomic mass is 15.1. The lowest BCUT2D eigenvalue weighted by molar-refractivity contribution is 0.312. The highest BCUT2D eigenvalue weighted by Crippen LogP contribution is 2.31. The van der Waals surface area contributed by atoms with E-state index in [0.29, 0.717) is 0 Å². The first-order valence-electron chi connectivity index (χ1n) is 8.26. The number of rotatable bonds is 2. The van der Waals surface area contributed by atoms with Gasteiger partial charge in [-0.3, -0.25) is 0 Å². The molecule has 0 bridgehead atoms. The van der Waals surface area contributed by atoms with E-state index in [2.05, 4.69) is 84.2 Å². The van der Waals surface area contributed by atoms with E-state index < -0.39 is 0 Å². The largest absolute Gasteiger partial charge is 0.320 e. The van der Waals surface area contributed by atoms with E-state index in [1.165, 1.54) is 33.3 Å². The Kier molecular flexibility index (Phi) is 3.55. The van der Waals surface area contributed by atoms with Crippen LogP contribution in [0.15, 0.2) is 48.5 Å². The number of nitrogens with zero attached hydrogens (tertiary/aromatic N) is 2. The molecule has 2 nitrogen and oxygen atoms in total. The fraction of sp³-hybridized carbons (Fsp3) is 0.238. The summed E-state index contributed by atoms with van der Waals surface area (Å²) in [6.45, 7) is 4.35. The quantitative estimate of drug-likeness (QED) is 0.673. The van der Waals surface area contributed by atoms with Crippen LogP contribution in [0.2, 0.25) is 0 Å². The van der Waals surface area contributed by atoms with Gasteiger partial charge >= 0.3 is 0 Å². The molecule has 2 aromatic carbocycles. The monoisotopic (exact) mass is 302 g/mol. The zero-order valence-corrected chi connectivity index (χ0v) is 13.8. The van der Waals surface area contributed by atoms with Crippen molar-refractivity contribution in [2.45, 2.75) is 19.9 Å². The topological polar surface area (TPSA) is 8.17 Å². The minimum atomic E-state index is 1.04. The van der Waals surface area contributed by atoms with Crippen molar-refractivity contribution in [2.24, 2.45) is 0 Å². The average molecular weight is 302 g/mol. The Hall–Kier alpha value is -2.32. The molecule has 2 heteroatoms. The lowest BCUT2D eigenvalue weighted by atomic mass is 10.0. The maximum Gasteiger partial charge on any atom is 0.0528 e. The SMILES string of the molecule is Cc1ccc2c(c1)c1c(n2/C=C\c2ccccc2)CCN(C)C1. The summed E-state index contributed by atoms with van der Waals surface area (Å²) in [5.74, 6) is 0. The lowest BCUT2D eigenvalue weighted by Crippen LogP contribution is -2.26. The van der Waals surface area contributed by atoms with Gasteiger partial charge < -0.3 is 9.47 Å². The van der Waals surface area contributed by atoms with Crippen molar-refractivity contribution in [3.8, 4) is 0 Å². The first-order chi connectivity index (χ1) is 11.2. The van der Waals surface area contributed by atoms with Crippen LogP contribution >= 0.6 is 0 Å². The molecule has 0 aliphatic carbocycles. The number of hydrogen-bond acceptors (Lipinski definition) is 1. The van der Waals surface area contributed by atoms with Crippen LogP contribution in [-0.4, -0.2) is 23.1 Å². The second-order valence-electron chi connectivity index (χ2n) is 6.53. The minimum Gasteiger partial charge on any atom is -0.320 e. The van der Waals surface area contributed by atoms with Crippen LogP contribution in [0, 0.1) is 6.92 Å². The molecule has 0 amide bonds. The smallest absolute Gasteiger partial charge is 0.0528 e. The third kappa shape index (κ3) is 2.60. The van der Waals surface area contributed by atoms with Crippen molar-refractivity contribution in [1.82, 2.24) is 9.47 Å². The van der Waals surface area contributed by atoms with Crippen molar-refractivity contribution in [2.75, 3.05) is 13.6 Å². The second-order valence-corrected chi connectivity index (χ2v) is 6.53.